The summed E-state index contributed by atoms with van der Waals surface area (Å²) in [5.74, 6) is 0.0865. The van der Waals surface area contributed by atoms with Gasteiger partial charge in [-0.1, -0.05) is 29.8 Å². The predicted molar refractivity (Wildman–Crippen MR) is 109 cm³/mol. The third-order valence-electron chi connectivity index (χ3n) is 4.65. The summed E-state index contributed by atoms with van der Waals surface area (Å²) in [6.07, 6.45) is 1.20. The lowest BCUT2D eigenvalue weighted by molar-refractivity contribution is -0.131. The van der Waals surface area contributed by atoms with Gasteiger partial charge in [-0.25, -0.2) is 4.79 Å². The molecule has 0 spiro atoms. The highest BCUT2D eigenvalue weighted by atomic mass is 35.5. The number of nitrogens with one attached hydrogen (secondary N) is 1. The number of thiophene rings is 1. The molecule has 7 heteroatoms. The van der Waals surface area contributed by atoms with Crippen molar-refractivity contribution in [2.24, 2.45) is 0 Å². The number of piperazine rings is 1. The molecule has 5 nitrogen and oxygen atoms in total. The third kappa shape index (κ3) is 5.71. The van der Waals surface area contributed by atoms with Crippen molar-refractivity contribution in [2.75, 3.05) is 26.2 Å². The summed E-state index contributed by atoms with van der Waals surface area (Å²) in [5, 5.41) is 5.77. The number of amides is 3. The summed E-state index contributed by atoms with van der Waals surface area (Å²) in [6.45, 7) is 4.27. The summed E-state index contributed by atoms with van der Waals surface area (Å²) >= 11 is 7.58. The summed E-state index contributed by atoms with van der Waals surface area (Å²) < 4.78 is 0. The molecular weight excluding hydrogens is 382 g/mol. The van der Waals surface area contributed by atoms with E-state index in [1.54, 1.807) is 28.4 Å². The molecule has 144 valence electrons. The van der Waals surface area contributed by atoms with E-state index in [1.165, 1.54) is 4.88 Å². The van der Waals surface area contributed by atoms with Crippen LogP contribution < -0.4 is 5.32 Å². The second-order valence-corrected chi connectivity index (χ2v) is 8.27. The van der Waals surface area contributed by atoms with Crippen LogP contribution in [0.15, 0.2) is 41.8 Å². The fourth-order valence-electron chi connectivity index (χ4n) is 3.13. The summed E-state index contributed by atoms with van der Waals surface area (Å²) in [6, 6.07) is 11.5. The molecule has 27 heavy (non-hydrogen) atoms. The number of nitrogens with zero attached hydrogens (tertiary/aromatic N) is 2. The van der Waals surface area contributed by atoms with Gasteiger partial charge in [-0.2, -0.15) is 0 Å². The topological polar surface area (TPSA) is 52.7 Å². The first kappa shape index (κ1) is 19.7. The van der Waals surface area contributed by atoms with Gasteiger partial charge in [0.05, 0.1) is 6.42 Å². The van der Waals surface area contributed by atoms with Gasteiger partial charge in [0, 0.05) is 48.5 Å². The molecule has 1 aliphatic heterocycles. The van der Waals surface area contributed by atoms with E-state index < -0.39 is 0 Å². The van der Waals surface area contributed by atoms with Gasteiger partial charge in [0.1, 0.15) is 0 Å². The molecule has 0 saturated carbocycles. The monoisotopic (exact) mass is 405 g/mol. The molecule has 3 rings (SSSR count). The molecule has 1 aromatic carbocycles. The Morgan fingerprint density at radius 3 is 2.41 bits per heavy atom. The number of benzene rings is 1. The maximum atomic E-state index is 12.5. The highest BCUT2D eigenvalue weighted by Crippen LogP contribution is 2.13. The van der Waals surface area contributed by atoms with Gasteiger partial charge in [-0.05, 0) is 36.1 Å². The molecule has 1 aromatic heterocycles. The van der Waals surface area contributed by atoms with Gasteiger partial charge in [-0.15, -0.1) is 11.3 Å². The SMILES string of the molecule is CC(Cc1cccs1)NC(=O)N1CCN(C(=O)Cc2ccc(Cl)cc2)CC1. The largest absolute Gasteiger partial charge is 0.339 e. The van der Waals surface area contributed by atoms with Crippen molar-refractivity contribution >= 4 is 34.9 Å². The minimum absolute atomic E-state index is 0.0520. The first-order chi connectivity index (χ1) is 13.0. The summed E-state index contributed by atoms with van der Waals surface area (Å²) in [4.78, 5) is 29.8. The van der Waals surface area contributed by atoms with Crippen LogP contribution in [0.3, 0.4) is 0 Å². The van der Waals surface area contributed by atoms with Crippen molar-refractivity contribution in [3.63, 3.8) is 0 Å². The molecule has 0 bridgehead atoms. The minimum atomic E-state index is -0.0520. The summed E-state index contributed by atoms with van der Waals surface area (Å²) in [5.41, 5.74) is 0.951. The number of carbonyl (C=O) groups excluding carboxylic acids is 2. The smallest absolute Gasteiger partial charge is 0.317 e. The van der Waals surface area contributed by atoms with E-state index in [-0.39, 0.29) is 18.0 Å². The number of urea groups is 1. The lowest BCUT2D eigenvalue weighted by Crippen LogP contribution is -2.54. The molecule has 0 radical (unpaired) electrons. The van der Waals surface area contributed by atoms with Crippen molar-refractivity contribution < 1.29 is 9.59 Å². The van der Waals surface area contributed by atoms with Crippen molar-refractivity contribution in [3.8, 4) is 0 Å². The average Bonchev–Trinajstić information content (AvgIpc) is 3.16. The highest BCUT2D eigenvalue weighted by Gasteiger charge is 2.24. The number of hydrogen-bond acceptors (Lipinski definition) is 3. The van der Waals surface area contributed by atoms with Gasteiger partial charge < -0.3 is 15.1 Å². The second kappa shape index (κ2) is 9.24. The van der Waals surface area contributed by atoms with Gasteiger partial charge in [0.25, 0.3) is 0 Å². The van der Waals surface area contributed by atoms with Crippen LogP contribution in [0.1, 0.15) is 17.4 Å². The average molecular weight is 406 g/mol. The Balaban J connectivity index is 1.43. The molecule has 1 saturated heterocycles. The van der Waals surface area contributed by atoms with Gasteiger partial charge >= 0.3 is 6.03 Å². The molecule has 1 atom stereocenters. The molecule has 3 amide bonds. The van der Waals surface area contributed by atoms with Crippen LogP contribution in [0.4, 0.5) is 4.79 Å². The maximum Gasteiger partial charge on any atom is 0.317 e. The second-order valence-electron chi connectivity index (χ2n) is 6.81. The van der Waals surface area contributed by atoms with Gasteiger partial charge in [0.15, 0.2) is 0 Å². The Kier molecular flexibility index (Phi) is 6.74. The standard InChI is InChI=1S/C20H24ClN3O2S/c1-15(13-18-3-2-12-27-18)22-20(26)24-10-8-23(9-11-24)19(25)14-16-4-6-17(21)7-5-16/h2-7,12,15H,8-11,13-14H2,1H3,(H,22,26). The molecule has 1 aliphatic rings. The number of hydrogen-bond donors (Lipinski definition) is 1. The molecule has 0 aliphatic carbocycles. The molecule has 1 N–H and O–H groups in total. The number of rotatable bonds is 5. The van der Waals surface area contributed by atoms with Gasteiger partial charge in [-0.3, -0.25) is 4.79 Å². The molecule has 2 aromatic rings. The summed E-state index contributed by atoms with van der Waals surface area (Å²) in [7, 11) is 0. The van der Waals surface area contributed by atoms with Crippen LogP contribution >= 0.6 is 22.9 Å². The first-order valence-electron chi connectivity index (χ1n) is 9.11. The molecule has 2 heterocycles. The Morgan fingerprint density at radius 2 is 1.78 bits per heavy atom. The minimum Gasteiger partial charge on any atom is -0.339 e. The van der Waals surface area contributed by atoms with Crippen LogP contribution in [-0.2, 0) is 17.6 Å². The number of carbonyl (C=O) groups is 2. The van der Waals surface area contributed by atoms with E-state index in [0.717, 1.165) is 12.0 Å². The zero-order chi connectivity index (χ0) is 19.2. The Hall–Kier alpha value is -2.05. The third-order valence-corrected chi connectivity index (χ3v) is 5.80. The normalized spacial score (nSPS) is 15.5. The van der Waals surface area contributed by atoms with E-state index >= 15 is 0 Å². The molecule has 1 fully saturated rings. The van der Waals surface area contributed by atoms with Crippen molar-refractivity contribution in [2.45, 2.75) is 25.8 Å². The number of halogens is 1. The van der Waals surface area contributed by atoms with Crippen LogP contribution in [0.5, 0.6) is 0 Å². The van der Waals surface area contributed by atoms with E-state index in [1.807, 2.05) is 35.4 Å². The van der Waals surface area contributed by atoms with Gasteiger partial charge in [0.2, 0.25) is 5.91 Å². The van der Waals surface area contributed by atoms with Crippen molar-refractivity contribution in [1.29, 1.82) is 0 Å². The lowest BCUT2D eigenvalue weighted by atomic mass is 10.1. The fraction of sp³-hybridized carbons (Fsp3) is 0.400. The quantitative estimate of drug-likeness (QED) is 0.828. The molecule has 1 unspecified atom stereocenters. The first-order valence-corrected chi connectivity index (χ1v) is 10.4. The Bertz CT molecular complexity index is 756. The Morgan fingerprint density at radius 1 is 1.11 bits per heavy atom. The van der Waals surface area contributed by atoms with E-state index in [9.17, 15) is 9.59 Å². The van der Waals surface area contributed by atoms with E-state index in [2.05, 4.69) is 11.4 Å². The zero-order valence-electron chi connectivity index (χ0n) is 15.4. The maximum absolute atomic E-state index is 12.5. The highest BCUT2D eigenvalue weighted by molar-refractivity contribution is 7.09. The van der Waals surface area contributed by atoms with E-state index in [0.29, 0.717) is 37.6 Å². The van der Waals surface area contributed by atoms with Crippen LogP contribution in [0, 0.1) is 0 Å². The lowest BCUT2D eigenvalue weighted by Gasteiger charge is -2.35. The van der Waals surface area contributed by atoms with Crippen molar-refractivity contribution in [3.05, 3.63) is 57.2 Å². The Labute approximate surface area is 168 Å². The van der Waals surface area contributed by atoms with Crippen LogP contribution in [0.25, 0.3) is 0 Å². The van der Waals surface area contributed by atoms with Crippen LogP contribution in [-0.4, -0.2) is 54.0 Å². The van der Waals surface area contributed by atoms with Crippen molar-refractivity contribution in [1.82, 2.24) is 15.1 Å². The van der Waals surface area contributed by atoms with Crippen LogP contribution in [0.2, 0.25) is 5.02 Å². The zero-order valence-corrected chi connectivity index (χ0v) is 16.9. The fourth-order valence-corrected chi connectivity index (χ4v) is 4.09. The molecular formula is C20H24ClN3O2S. The predicted octanol–water partition coefficient (Wildman–Crippen LogP) is 3.43. The van der Waals surface area contributed by atoms with E-state index in [4.69, 9.17) is 11.6 Å².